The van der Waals surface area contributed by atoms with Gasteiger partial charge in [-0.1, -0.05) is 54.1 Å². The molecule has 1 aliphatic rings. The molecule has 1 aliphatic heterocycles. The van der Waals surface area contributed by atoms with Crippen LogP contribution in [0.25, 0.3) is 10.8 Å². The van der Waals surface area contributed by atoms with Gasteiger partial charge in [-0.2, -0.15) is 0 Å². The lowest BCUT2D eigenvalue weighted by molar-refractivity contribution is -0.119. The maximum absolute atomic E-state index is 12.7. The Morgan fingerprint density at radius 3 is 2.54 bits per heavy atom. The molecule has 1 heterocycles. The standard InChI is InChI=1S/C21H18ClNO/c1-2-23-19-12-9-14-5-3-4-6-17(14)21(19)18(13-20(23)24)15-7-10-16(22)11-8-15/h3-12,18H,2,13H2,1H3. The molecule has 1 unspecified atom stereocenters. The van der Waals surface area contributed by atoms with Crippen LogP contribution in [-0.2, 0) is 4.79 Å². The zero-order chi connectivity index (χ0) is 16.7. The summed E-state index contributed by atoms with van der Waals surface area (Å²) in [5, 5.41) is 3.15. The van der Waals surface area contributed by atoms with Crippen LogP contribution in [0.15, 0.2) is 60.7 Å². The highest BCUT2D eigenvalue weighted by Crippen LogP contribution is 2.43. The topological polar surface area (TPSA) is 20.3 Å². The molecule has 3 heteroatoms. The van der Waals surface area contributed by atoms with E-state index in [1.54, 1.807) is 0 Å². The van der Waals surface area contributed by atoms with E-state index in [0.717, 1.165) is 11.3 Å². The Kier molecular flexibility index (Phi) is 3.78. The van der Waals surface area contributed by atoms with Crippen LogP contribution in [0, 0.1) is 0 Å². The van der Waals surface area contributed by atoms with E-state index in [2.05, 4.69) is 36.4 Å². The first-order valence-corrected chi connectivity index (χ1v) is 8.64. The fourth-order valence-corrected chi connectivity index (χ4v) is 3.86. The van der Waals surface area contributed by atoms with E-state index in [1.807, 2.05) is 36.1 Å². The Morgan fingerprint density at radius 2 is 1.79 bits per heavy atom. The molecule has 0 radical (unpaired) electrons. The van der Waals surface area contributed by atoms with Gasteiger partial charge in [0, 0.05) is 29.6 Å². The molecule has 0 aliphatic carbocycles. The van der Waals surface area contributed by atoms with E-state index in [1.165, 1.54) is 16.3 Å². The lowest BCUT2D eigenvalue weighted by Crippen LogP contribution is -2.36. The quantitative estimate of drug-likeness (QED) is 0.615. The zero-order valence-corrected chi connectivity index (χ0v) is 14.3. The minimum atomic E-state index is 0.0682. The molecule has 0 saturated heterocycles. The highest BCUT2D eigenvalue weighted by atomic mass is 35.5. The first kappa shape index (κ1) is 15.2. The number of benzene rings is 3. The molecular weight excluding hydrogens is 318 g/mol. The van der Waals surface area contributed by atoms with Crippen molar-refractivity contribution in [3.63, 3.8) is 0 Å². The molecule has 0 saturated carbocycles. The molecule has 0 fully saturated rings. The van der Waals surface area contributed by atoms with Gasteiger partial charge < -0.3 is 4.90 Å². The summed E-state index contributed by atoms with van der Waals surface area (Å²) in [6.45, 7) is 2.72. The lowest BCUT2D eigenvalue weighted by Gasteiger charge is -2.34. The summed E-state index contributed by atoms with van der Waals surface area (Å²) in [5.41, 5.74) is 3.42. The minimum absolute atomic E-state index is 0.0682. The number of anilines is 1. The van der Waals surface area contributed by atoms with Crippen molar-refractivity contribution in [1.29, 1.82) is 0 Å². The molecule has 0 bridgehead atoms. The number of rotatable bonds is 2. The predicted octanol–water partition coefficient (Wildman–Crippen LogP) is 5.38. The van der Waals surface area contributed by atoms with Gasteiger partial charge in [0.2, 0.25) is 5.91 Å². The van der Waals surface area contributed by atoms with E-state index in [9.17, 15) is 4.79 Å². The normalized spacial score (nSPS) is 17.2. The molecule has 1 amide bonds. The smallest absolute Gasteiger partial charge is 0.227 e. The zero-order valence-electron chi connectivity index (χ0n) is 13.5. The maximum atomic E-state index is 12.7. The van der Waals surface area contributed by atoms with Gasteiger partial charge in [-0.3, -0.25) is 4.79 Å². The lowest BCUT2D eigenvalue weighted by atomic mass is 9.81. The van der Waals surface area contributed by atoms with Crippen LogP contribution < -0.4 is 4.90 Å². The molecule has 3 aromatic carbocycles. The van der Waals surface area contributed by atoms with Crippen LogP contribution in [-0.4, -0.2) is 12.5 Å². The summed E-state index contributed by atoms with van der Waals surface area (Å²) in [6.07, 6.45) is 0.497. The summed E-state index contributed by atoms with van der Waals surface area (Å²) >= 11 is 6.04. The van der Waals surface area contributed by atoms with E-state index < -0.39 is 0 Å². The van der Waals surface area contributed by atoms with E-state index in [0.29, 0.717) is 18.0 Å². The van der Waals surface area contributed by atoms with Gasteiger partial charge in [0.15, 0.2) is 0 Å². The van der Waals surface area contributed by atoms with Crippen molar-refractivity contribution in [1.82, 2.24) is 0 Å². The molecule has 120 valence electrons. The third-order valence-electron chi connectivity index (χ3n) is 4.86. The van der Waals surface area contributed by atoms with Crippen molar-refractivity contribution in [2.24, 2.45) is 0 Å². The van der Waals surface area contributed by atoms with E-state index in [4.69, 9.17) is 11.6 Å². The molecule has 1 atom stereocenters. The average Bonchev–Trinajstić information content (AvgIpc) is 2.61. The van der Waals surface area contributed by atoms with Gasteiger partial charge in [-0.15, -0.1) is 0 Å². The van der Waals surface area contributed by atoms with Gasteiger partial charge in [0.05, 0.1) is 0 Å². The number of fused-ring (bicyclic) bond motifs is 3. The number of hydrogen-bond acceptors (Lipinski definition) is 1. The third-order valence-corrected chi connectivity index (χ3v) is 5.11. The number of halogens is 1. The van der Waals surface area contributed by atoms with Crippen LogP contribution in [0.4, 0.5) is 5.69 Å². The average molecular weight is 336 g/mol. The maximum Gasteiger partial charge on any atom is 0.227 e. The second kappa shape index (κ2) is 5.95. The first-order chi connectivity index (χ1) is 11.7. The highest BCUT2D eigenvalue weighted by molar-refractivity contribution is 6.30. The van der Waals surface area contributed by atoms with Gasteiger partial charge in [-0.25, -0.2) is 0 Å². The molecule has 0 aromatic heterocycles. The van der Waals surface area contributed by atoms with Crippen molar-refractivity contribution in [3.05, 3.63) is 76.8 Å². The monoisotopic (exact) mass is 335 g/mol. The Balaban J connectivity index is 1.99. The molecule has 2 nitrogen and oxygen atoms in total. The summed E-state index contributed by atoms with van der Waals surface area (Å²) < 4.78 is 0. The Morgan fingerprint density at radius 1 is 1.04 bits per heavy atom. The van der Waals surface area contributed by atoms with Crippen molar-refractivity contribution in [2.45, 2.75) is 19.3 Å². The molecular formula is C21H18ClNO. The summed E-state index contributed by atoms with van der Waals surface area (Å²) in [7, 11) is 0. The summed E-state index contributed by atoms with van der Waals surface area (Å²) in [6, 6.07) is 20.5. The van der Waals surface area contributed by atoms with Crippen molar-refractivity contribution in [2.75, 3.05) is 11.4 Å². The second-order valence-corrected chi connectivity index (χ2v) is 6.60. The fraction of sp³-hybridized carbons (Fsp3) is 0.190. The second-order valence-electron chi connectivity index (χ2n) is 6.17. The number of hydrogen-bond donors (Lipinski definition) is 0. The van der Waals surface area contributed by atoms with E-state index >= 15 is 0 Å². The number of nitrogens with zero attached hydrogens (tertiary/aromatic N) is 1. The number of amides is 1. The molecule has 3 aromatic rings. The minimum Gasteiger partial charge on any atom is -0.312 e. The first-order valence-electron chi connectivity index (χ1n) is 8.26. The van der Waals surface area contributed by atoms with Crippen LogP contribution >= 0.6 is 11.6 Å². The van der Waals surface area contributed by atoms with Gasteiger partial charge >= 0.3 is 0 Å². The SMILES string of the molecule is CCN1C(=O)CC(c2ccc(Cl)cc2)c2c1ccc1ccccc21. The Labute approximate surface area is 146 Å². The Bertz CT molecular complexity index is 917. The third kappa shape index (κ3) is 2.38. The molecule has 0 spiro atoms. The van der Waals surface area contributed by atoms with Gasteiger partial charge in [0.1, 0.15) is 0 Å². The van der Waals surface area contributed by atoms with Crippen LogP contribution in [0.1, 0.15) is 30.4 Å². The van der Waals surface area contributed by atoms with Crippen LogP contribution in [0.5, 0.6) is 0 Å². The van der Waals surface area contributed by atoms with Gasteiger partial charge in [0.25, 0.3) is 0 Å². The highest BCUT2D eigenvalue weighted by Gasteiger charge is 2.32. The molecule has 24 heavy (non-hydrogen) atoms. The van der Waals surface area contributed by atoms with E-state index in [-0.39, 0.29) is 11.8 Å². The van der Waals surface area contributed by atoms with Crippen molar-refractivity contribution >= 4 is 34.0 Å². The van der Waals surface area contributed by atoms with Gasteiger partial charge in [-0.05, 0) is 47.0 Å². The fourth-order valence-electron chi connectivity index (χ4n) is 3.73. The summed E-state index contributed by atoms with van der Waals surface area (Å²) in [4.78, 5) is 14.6. The summed E-state index contributed by atoms with van der Waals surface area (Å²) in [5.74, 6) is 0.249. The predicted molar refractivity (Wildman–Crippen MR) is 99.9 cm³/mol. The van der Waals surface area contributed by atoms with Crippen LogP contribution in [0.2, 0.25) is 5.02 Å². The van der Waals surface area contributed by atoms with Crippen LogP contribution in [0.3, 0.4) is 0 Å². The number of carbonyl (C=O) groups excluding carboxylic acids is 1. The van der Waals surface area contributed by atoms with Crippen molar-refractivity contribution in [3.8, 4) is 0 Å². The molecule has 4 rings (SSSR count). The largest absolute Gasteiger partial charge is 0.312 e. The van der Waals surface area contributed by atoms with Crippen molar-refractivity contribution < 1.29 is 4.79 Å². The number of carbonyl (C=O) groups is 1. The molecule has 0 N–H and O–H groups in total. The Hall–Kier alpha value is -2.32.